The highest BCUT2D eigenvalue weighted by Crippen LogP contribution is 2.27. The molecule has 0 aliphatic rings. The van der Waals surface area contributed by atoms with E-state index in [0.29, 0.717) is 22.4 Å². The van der Waals surface area contributed by atoms with Crippen molar-refractivity contribution in [2.24, 2.45) is 0 Å². The SMILES string of the molecule is COc1ccc(Cl)cc1CN(C)C(=O)c1sc(C(C)C)nc1C. The number of carbonyl (C=O) groups excluding carboxylic acids is 1. The number of hydrogen-bond donors (Lipinski definition) is 0. The highest BCUT2D eigenvalue weighted by atomic mass is 35.5. The zero-order valence-electron chi connectivity index (χ0n) is 14.0. The molecule has 0 saturated heterocycles. The van der Waals surface area contributed by atoms with Gasteiger partial charge in [0.1, 0.15) is 10.6 Å². The fraction of sp³-hybridized carbons (Fsp3) is 0.412. The summed E-state index contributed by atoms with van der Waals surface area (Å²) in [7, 11) is 3.38. The van der Waals surface area contributed by atoms with Gasteiger partial charge in [-0.3, -0.25) is 4.79 Å². The van der Waals surface area contributed by atoms with Gasteiger partial charge in [0.05, 0.1) is 17.8 Å². The van der Waals surface area contributed by atoms with Crippen LogP contribution in [0.4, 0.5) is 0 Å². The van der Waals surface area contributed by atoms with Gasteiger partial charge in [0.2, 0.25) is 0 Å². The number of aryl methyl sites for hydroxylation is 1. The Bertz CT molecular complexity index is 713. The van der Waals surface area contributed by atoms with Crippen LogP contribution in [-0.4, -0.2) is 29.9 Å². The average molecular weight is 353 g/mol. The minimum absolute atomic E-state index is 0.0334. The molecule has 1 aromatic carbocycles. The van der Waals surface area contributed by atoms with Gasteiger partial charge in [-0.25, -0.2) is 4.98 Å². The molecule has 1 aromatic heterocycles. The average Bonchev–Trinajstić information content (AvgIpc) is 2.89. The molecule has 0 radical (unpaired) electrons. The fourth-order valence-corrected chi connectivity index (χ4v) is 3.49. The maximum atomic E-state index is 12.7. The first-order chi connectivity index (χ1) is 10.8. The summed E-state index contributed by atoms with van der Waals surface area (Å²) in [5.74, 6) is 1.01. The predicted molar refractivity (Wildman–Crippen MR) is 94.7 cm³/mol. The molecule has 4 nitrogen and oxygen atoms in total. The maximum absolute atomic E-state index is 12.7. The quantitative estimate of drug-likeness (QED) is 0.795. The minimum atomic E-state index is -0.0334. The van der Waals surface area contributed by atoms with Crippen molar-refractivity contribution in [2.75, 3.05) is 14.2 Å². The molecule has 0 fully saturated rings. The van der Waals surface area contributed by atoms with Crippen molar-refractivity contribution in [3.05, 3.63) is 44.4 Å². The van der Waals surface area contributed by atoms with Crippen molar-refractivity contribution < 1.29 is 9.53 Å². The monoisotopic (exact) mass is 352 g/mol. The van der Waals surface area contributed by atoms with Gasteiger partial charge < -0.3 is 9.64 Å². The Morgan fingerprint density at radius 2 is 2.13 bits per heavy atom. The third-order valence-electron chi connectivity index (χ3n) is 3.50. The lowest BCUT2D eigenvalue weighted by atomic mass is 10.2. The number of methoxy groups -OCH3 is 1. The first-order valence-corrected chi connectivity index (χ1v) is 8.58. The zero-order chi connectivity index (χ0) is 17.1. The predicted octanol–water partition coefficient (Wildman–Crippen LogP) is 4.51. The number of aromatic nitrogens is 1. The molecular weight excluding hydrogens is 332 g/mol. The van der Waals surface area contributed by atoms with Crippen molar-refractivity contribution >= 4 is 28.8 Å². The molecule has 1 heterocycles. The zero-order valence-corrected chi connectivity index (χ0v) is 15.6. The molecule has 2 aromatic rings. The van der Waals surface area contributed by atoms with E-state index in [2.05, 4.69) is 18.8 Å². The van der Waals surface area contributed by atoms with E-state index < -0.39 is 0 Å². The first kappa shape index (κ1) is 17.8. The Balaban J connectivity index is 2.22. The van der Waals surface area contributed by atoms with Crippen LogP contribution in [0.25, 0.3) is 0 Å². The summed E-state index contributed by atoms with van der Waals surface area (Å²) in [4.78, 5) is 19.6. The van der Waals surface area contributed by atoms with E-state index in [1.54, 1.807) is 25.1 Å². The third-order valence-corrected chi connectivity index (χ3v) is 5.18. The molecule has 6 heteroatoms. The highest BCUT2D eigenvalue weighted by molar-refractivity contribution is 7.13. The number of nitrogens with zero attached hydrogens (tertiary/aromatic N) is 2. The Morgan fingerprint density at radius 1 is 1.43 bits per heavy atom. The topological polar surface area (TPSA) is 42.4 Å². The number of benzene rings is 1. The molecule has 124 valence electrons. The molecule has 0 bridgehead atoms. The molecule has 0 aliphatic heterocycles. The number of rotatable bonds is 5. The van der Waals surface area contributed by atoms with E-state index in [1.165, 1.54) is 11.3 Å². The van der Waals surface area contributed by atoms with E-state index >= 15 is 0 Å². The lowest BCUT2D eigenvalue weighted by Crippen LogP contribution is -2.26. The van der Waals surface area contributed by atoms with Crippen LogP contribution in [0.2, 0.25) is 5.02 Å². The summed E-state index contributed by atoms with van der Waals surface area (Å²) in [6.07, 6.45) is 0. The second kappa shape index (κ2) is 7.32. The molecule has 0 spiro atoms. The summed E-state index contributed by atoms with van der Waals surface area (Å²) >= 11 is 7.52. The van der Waals surface area contributed by atoms with Gasteiger partial charge in [0.15, 0.2) is 0 Å². The van der Waals surface area contributed by atoms with Crippen LogP contribution in [0.3, 0.4) is 0 Å². The number of amides is 1. The number of ether oxygens (including phenoxy) is 1. The Labute approximate surface area is 146 Å². The summed E-state index contributed by atoms with van der Waals surface area (Å²) in [5, 5.41) is 1.61. The van der Waals surface area contributed by atoms with Gasteiger partial charge in [0.25, 0.3) is 5.91 Å². The summed E-state index contributed by atoms with van der Waals surface area (Å²) in [5.41, 5.74) is 1.66. The first-order valence-electron chi connectivity index (χ1n) is 7.38. The molecular formula is C17H21ClN2O2S. The molecule has 23 heavy (non-hydrogen) atoms. The number of hydrogen-bond acceptors (Lipinski definition) is 4. The smallest absolute Gasteiger partial charge is 0.265 e. The number of halogens is 1. The lowest BCUT2D eigenvalue weighted by Gasteiger charge is -2.18. The van der Waals surface area contributed by atoms with Gasteiger partial charge in [-0.05, 0) is 25.1 Å². The van der Waals surface area contributed by atoms with Crippen LogP contribution in [-0.2, 0) is 6.54 Å². The number of carbonyl (C=O) groups is 1. The van der Waals surface area contributed by atoms with E-state index in [9.17, 15) is 4.79 Å². The summed E-state index contributed by atoms with van der Waals surface area (Å²) < 4.78 is 5.34. The lowest BCUT2D eigenvalue weighted by molar-refractivity contribution is 0.0788. The molecule has 0 unspecified atom stereocenters. The Morgan fingerprint density at radius 3 is 2.70 bits per heavy atom. The van der Waals surface area contributed by atoms with Crippen LogP contribution >= 0.6 is 22.9 Å². The highest BCUT2D eigenvalue weighted by Gasteiger charge is 2.21. The van der Waals surface area contributed by atoms with Crippen LogP contribution in [0, 0.1) is 6.92 Å². The van der Waals surface area contributed by atoms with Gasteiger partial charge in [-0.15, -0.1) is 11.3 Å². The minimum Gasteiger partial charge on any atom is -0.496 e. The van der Waals surface area contributed by atoms with E-state index in [4.69, 9.17) is 16.3 Å². The van der Waals surface area contributed by atoms with Gasteiger partial charge >= 0.3 is 0 Å². The second-order valence-electron chi connectivity index (χ2n) is 5.74. The van der Waals surface area contributed by atoms with Gasteiger partial charge in [0, 0.05) is 30.1 Å². The molecule has 0 aliphatic carbocycles. The fourth-order valence-electron chi connectivity index (χ4n) is 2.23. The second-order valence-corrected chi connectivity index (χ2v) is 7.21. The normalized spacial score (nSPS) is 10.9. The van der Waals surface area contributed by atoms with Crippen molar-refractivity contribution in [3.63, 3.8) is 0 Å². The standard InChI is InChI=1S/C17H21ClN2O2S/c1-10(2)16-19-11(3)15(23-16)17(21)20(4)9-12-8-13(18)6-7-14(12)22-5/h6-8,10H,9H2,1-5H3. The van der Waals surface area contributed by atoms with E-state index in [1.807, 2.05) is 19.1 Å². The van der Waals surface area contributed by atoms with Crippen molar-refractivity contribution in [2.45, 2.75) is 33.2 Å². The number of thiazole rings is 1. The van der Waals surface area contributed by atoms with Crippen LogP contribution in [0.15, 0.2) is 18.2 Å². The van der Waals surface area contributed by atoms with Gasteiger partial charge in [-0.2, -0.15) is 0 Å². The molecule has 0 atom stereocenters. The van der Waals surface area contributed by atoms with Crippen molar-refractivity contribution in [1.29, 1.82) is 0 Å². The Hall–Kier alpha value is -1.59. The third kappa shape index (κ3) is 4.03. The molecule has 1 amide bonds. The van der Waals surface area contributed by atoms with Crippen LogP contribution < -0.4 is 4.74 Å². The van der Waals surface area contributed by atoms with Crippen LogP contribution in [0.5, 0.6) is 5.75 Å². The van der Waals surface area contributed by atoms with Crippen LogP contribution in [0.1, 0.15) is 45.7 Å². The summed E-state index contributed by atoms with van der Waals surface area (Å²) in [6, 6.07) is 5.40. The van der Waals surface area contributed by atoms with E-state index in [0.717, 1.165) is 22.0 Å². The van der Waals surface area contributed by atoms with E-state index in [-0.39, 0.29) is 5.91 Å². The largest absolute Gasteiger partial charge is 0.496 e. The molecule has 0 saturated carbocycles. The summed E-state index contributed by atoms with van der Waals surface area (Å²) in [6.45, 7) is 6.46. The Kier molecular flexibility index (Phi) is 5.65. The van der Waals surface area contributed by atoms with Crippen molar-refractivity contribution in [3.8, 4) is 5.75 Å². The van der Waals surface area contributed by atoms with Gasteiger partial charge in [-0.1, -0.05) is 25.4 Å². The van der Waals surface area contributed by atoms with Crippen molar-refractivity contribution in [1.82, 2.24) is 9.88 Å². The molecule has 2 rings (SSSR count). The molecule has 0 N–H and O–H groups in total. The maximum Gasteiger partial charge on any atom is 0.265 e.